The highest BCUT2D eigenvalue weighted by molar-refractivity contribution is 6.18. The number of nitrogens with zero attached hydrogens (tertiary/aromatic N) is 1. The molecule has 0 aromatic carbocycles. The van der Waals surface area contributed by atoms with Crippen LogP contribution in [0.15, 0.2) is 0 Å². The fourth-order valence-corrected chi connectivity index (χ4v) is 1.59. The van der Waals surface area contributed by atoms with Crippen molar-refractivity contribution in [1.29, 1.82) is 0 Å². The van der Waals surface area contributed by atoms with E-state index in [1.165, 1.54) is 0 Å². The molecule has 16 heavy (non-hydrogen) atoms. The Hall–Kier alpha value is -0.0000000000000000555. The second-order valence-electron chi connectivity index (χ2n) is 3.55. The SMILES string of the molecule is CCCN(CCCl)CCCOCC(F)(F)F. The molecule has 0 unspecified atom stereocenters. The lowest BCUT2D eigenvalue weighted by molar-refractivity contribution is -0.174. The van der Waals surface area contributed by atoms with Crippen LogP contribution in [0.2, 0.25) is 0 Å². The topological polar surface area (TPSA) is 12.5 Å². The van der Waals surface area contributed by atoms with Crippen molar-refractivity contribution in [2.75, 3.05) is 38.7 Å². The fourth-order valence-electron chi connectivity index (χ4n) is 1.35. The Bertz CT molecular complexity index is 161. The maximum atomic E-state index is 11.7. The quantitative estimate of drug-likeness (QED) is 0.467. The van der Waals surface area contributed by atoms with Crippen LogP contribution in [0.1, 0.15) is 19.8 Å². The van der Waals surface area contributed by atoms with E-state index in [2.05, 4.69) is 16.6 Å². The first-order valence-electron chi connectivity index (χ1n) is 5.42. The lowest BCUT2D eigenvalue weighted by atomic mass is 10.3. The van der Waals surface area contributed by atoms with E-state index in [4.69, 9.17) is 11.6 Å². The molecule has 2 nitrogen and oxygen atoms in total. The number of halogens is 4. The molecule has 0 saturated heterocycles. The van der Waals surface area contributed by atoms with E-state index in [0.717, 1.165) is 26.1 Å². The third-order valence-corrected chi connectivity index (χ3v) is 2.14. The molecule has 0 atom stereocenters. The van der Waals surface area contributed by atoms with Gasteiger partial charge in [0.2, 0.25) is 0 Å². The van der Waals surface area contributed by atoms with Gasteiger partial charge in [-0.05, 0) is 19.4 Å². The summed E-state index contributed by atoms with van der Waals surface area (Å²) in [5, 5.41) is 0. The molecule has 0 saturated carbocycles. The molecule has 0 radical (unpaired) electrons. The summed E-state index contributed by atoms with van der Waals surface area (Å²) in [7, 11) is 0. The number of ether oxygens (including phenoxy) is 1. The van der Waals surface area contributed by atoms with Crippen molar-refractivity contribution in [3.63, 3.8) is 0 Å². The molecule has 0 aliphatic heterocycles. The number of alkyl halides is 4. The average Bonchev–Trinajstić information content (AvgIpc) is 2.16. The van der Waals surface area contributed by atoms with E-state index >= 15 is 0 Å². The van der Waals surface area contributed by atoms with Crippen LogP contribution in [-0.4, -0.2) is 49.8 Å². The molecule has 0 heterocycles. The predicted octanol–water partition coefficient (Wildman–Crippen LogP) is 2.91. The van der Waals surface area contributed by atoms with Crippen LogP contribution in [0.3, 0.4) is 0 Å². The lowest BCUT2D eigenvalue weighted by Gasteiger charge is -2.20. The minimum atomic E-state index is -4.22. The lowest BCUT2D eigenvalue weighted by Crippen LogP contribution is -2.29. The van der Waals surface area contributed by atoms with E-state index in [9.17, 15) is 13.2 Å². The number of hydrogen-bond acceptors (Lipinski definition) is 2. The van der Waals surface area contributed by atoms with E-state index in [1.807, 2.05) is 0 Å². The van der Waals surface area contributed by atoms with Crippen LogP contribution in [0.25, 0.3) is 0 Å². The van der Waals surface area contributed by atoms with Gasteiger partial charge in [-0.1, -0.05) is 6.92 Å². The molecule has 0 aliphatic carbocycles. The van der Waals surface area contributed by atoms with Crippen LogP contribution in [0, 0.1) is 0 Å². The monoisotopic (exact) mass is 261 g/mol. The van der Waals surface area contributed by atoms with Crippen LogP contribution in [0.5, 0.6) is 0 Å². The molecule has 0 bridgehead atoms. The van der Waals surface area contributed by atoms with Crippen molar-refractivity contribution >= 4 is 11.6 Å². The maximum absolute atomic E-state index is 11.7. The summed E-state index contributed by atoms with van der Waals surface area (Å²) >= 11 is 5.61. The zero-order chi connectivity index (χ0) is 12.4. The summed E-state index contributed by atoms with van der Waals surface area (Å²) in [6, 6.07) is 0. The van der Waals surface area contributed by atoms with Gasteiger partial charge in [-0.3, -0.25) is 0 Å². The zero-order valence-corrected chi connectivity index (χ0v) is 10.3. The molecule has 0 aromatic rings. The normalized spacial score (nSPS) is 12.4. The number of hydrogen-bond donors (Lipinski definition) is 0. The van der Waals surface area contributed by atoms with Crippen LogP contribution in [0.4, 0.5) is 13.2 Å². The predicted molar refractivity (Wildman–Crippen MR) is 58.9 cm³/mol. The number of rotatable bonds is 9. The molecule has 0 fully saturated rings. The summed E-state index contributed by atoms with van der Waals surface area (Å²) in [6.45, 7) is 3.47. The Balaban J connectivity index is 3.46. The smallest absolute Gasteiger partial charge is 0.372 e. The third-order valence-electron chi connectivity index (χ3n) is 1.97. The van der Waals surface area contributed by atoms with Gasteiger partial charge in [0.1, 0.15) is 6.61 Å². The Morgan fingerprint density at radius 3 is 2.38 bits per heavy atom. The molecular formula is C10H19ClF3NO. The van der Waals surface area contributed by atoms with Crippen molar-refractivity contribution in [3.05, 3.63) is 0 Å². The summed E-state index contributed by atoms with van der Waals surface area (Å²) in [6.07, 6.45) is -2.60. The van der Waals surface area contributed by atoms with Gasteiger partial charge in [-0.25, -0.2) is 0 Å². The van der Waals surface area contributed by atoms with Crippen LogP contribution in [-0.2, 0) is 4.74 Å². The van der Waals surface area contributed by atoms with Crippen LogP contribution >= 0.6 is 11.6 Å². The van der Waals surface area contributed by atoms with E-state index in [1.54, 1.807) is 0 Å². The van der Waals surface area contributed by atoms with Crippen LogP contribution < -0.4 is 0 Å². The summed E-state index contributed by atoms with van der Waals surface area (Å²) < 4.78 is 39.7. The Kier molecular flexibility index (Phi) is 9.07. The van der Waals surface area contributed by atoms with Gasteiger partial charge in [0, 0.05) is 25.6 Å². The van der Waals surface area contributed by atoms with E-state index < -0.39 is 12.8 Å². The van der Waals surface area contributed by atoms with Crippen molar-refractivity contribution in [2.45, 2.75) is 25.9 Å². The molecule has 0 N–H and O–H groups in total. The highest BCUT2D eigenvalue weighted by atomic mass is 35.5. The molecule has 98 valence electrons. The highest BCUT2D eigenvalue weighted by Crippen LogP contribution is 2.14. The fraction of sp³-hybridized carbons (Fsp3) is 1.00. The van der Waals surface area contributed by atoms with Gasteiger partial charge < -0.3 is 9.64 Å². The first-order valence-corrected chi connectivity index (χ1v) is 5.96. The minimum Gasteiger partial charge on any atom is -0.372 e. The Morgan fingerprint density at radius 2 is 1.88 bits per heavy atom. The third kappa shape index (κ3) is 10.5. The van der Waals surface area contributed by atoms with E-state index in [-0.39, 0.29) is 6.61 Å². The molecule has 0 rings (SSSR count). The Labute approximate surface area is 99.7 Å². The van der Waals surface area contributed by atoms with Crippen molar-refractivity contribution < 1.29 is 17.9 Å². The van der Waals surface area contributed by atoms with Gasteiger partial charge in [-0.2, -0.15) is 13.2 Å². The highest BCUT2D eigenvalue weighted by Gasteiger charge is 2.27. The first kappa shape index (κ1) is 16.0. The zero-order valence-electron chi connectivity index (χ0n) is 9.52. The molecule has 0 aliphatic rings. The summed E-state index contributed by atoms with van der Waals surface area (Å²) in [5.41, 5.74) is 0. The molecule has 0 amide bonds. The molecule has 0 aromatic heterocycles. The molecular weight excluding hydrogens is 243 g/mol. The van der Waals surface area contributed by atoms with Gasteiger partial charge in [-0.15, -0.1) is 11.6 Å². The van der Waals surface area contributed by atoms with E-state index in [0.29, 0.717) is 12.3 Å². The average molecular weight is 262 g/mol. The molecule has 6 heteroatoms. The van der Waals surface area contributed by atoms with Crippen molar-refractivity contribution in [3.8, 4) is 0 Å². The Morgan fingerprint density at radius 1 is 1.19 bits per heavy atom. The largest absolute Gasteiger partial charge is 0.411 e. The first-order chi connectivity index (χ1) is 7.49. The van der Waals surface area contributed by atoms with Crippen molar-refractivity contribution in [2.24, 2.45) is 0 Å². The minimum absolute atomic E-state index is 0.141. The van der Waals surface area contributed by atoms with Gasteiger partial charge in [0.05, 0.1) is 0 Å². The second-order valence-corrected chi connectivity index (χ2v) is 3.93. The van der Waals surface area contributed by atoms with Crippen molar-refractivity contribution in [1.82, 2.24) is 4.90 Å². The van der Waals surface area contributed by atoms with Gasteiger partial charge in [0.15, 0.2) is 0 Å². The van der Waals surface area contributed by atoms with Gasteiger partial charge >= 0.3 is 6.18 Å². The van der Waals surface area contributed by atoms with Gasteiger partial charge in [0.25, 0.3) is 0 Å². The standard InChI is InChI=1S/C10H19ClF3NO/c1-2-5-15(7-4-11)6-3-8-16-9-10(12,13)14/h2-9H2,1H3. The molecule has 0 spiro atoms. The maximum Gasteiger partial charge on any atom is 0.411 e. The summed E-state index contributed by atoms with van der Waals surface area (Å²) in [4.78, 5) is 2.13. The summed E-state index contributed by atoms with van der Waals surface area (Å²) in [5.74, 6) is 0.545. The second kappa shape index (κ2) is 9.07.